The van der Waals surface area contributed by atoms with Gasteiger partial charge in [-0.2, -0.15) is 0 Å². The smallest absolute Gasteiger partial charge is 0.0572 e. The van der Waals surface area contributed by atoms with Gasteiger partial charge in [0.1, 0.15) is 0 Å². The molecule has 0 radical (unpaired) electrons. The zero-order chi connectivity index (χ0) is 13.9. The van der Waals surface area contributed by atoms with E-state index in [0.717, 1.165) is 25.2 Å². The molecule has 1 aromatic heterocycles. The van der Waals surface area contributed by atoms with Crippen molar-refractivity contribution in [3.8, 4) is 0 Å². The lowest BCUT2D eigenvalue weighted by molar-refractivity contribution is 0.238. The molecule has 3 heteroatoms. The number of piperidine rings is 1. The van der Waals surface area contributed by atoms with Gasteiger partial charge in [0.25, 0.3) is 0 Å². The molecule has 1 atom stereocenters. The molecule has 0 aliphatic carbocycles. The van der Waals surface area contributed by atoms with Crippen LogP contribution in [0.15, 0.2) is 18.3 Å². The maximum atomic E-state index is 6.00. The van der Waals surface area contributed by atoms with Crippen molar-refractivity contribution in [2.45, 2.75) is 52.5 Å². The number of nitrogens with zero attached hydrogens (tertiary/aromatic N) is 2. The van der Waals surface area contributed by atoms with Crippen LogP contribution in [0.25, 0.3) is 0 Å². The molecule has 0 aromatic carbocycles. The normalized spacial score (nSPS) is 20.3. The highest BCUT2D eigenvalue weighted by molar-refractivity contribution is 5.45. The first-order valence-corrected chi connectivity index (χ1v) is 7.54. The summed E-state index contributed by atoms with van der Waals surface area (Å²) in [6, 6.07) is 4.32. The van der Waals surface area contributed by atoms with Gasteiger partial charge in [-0.25, -0.2) is 0 Å². The predicted octanol–water partition coefficient (Wildman–Crippen LogP) is 3.51. The van der Waals surface area contributed by atoms with Gasteiger partial charge in [-0.1, -0.05) is 27.2 Å². The van der Waals surface area contributed by atoms with Crippen LogP contribution in [0.1, 0.15) is 58.2 Å². The van der Waals surface area contributed by atoms with Crippen LogP contribution in [0.4, 0.5) is 5.69 Å². The lowest BCUT2D eigenvalue weighted by Crippen LogP contribution is -2.38. The third-order valence-electron chi connectivity index (χ3n) is 4.78. The molecule has 106 valence electrons. The average molecular weight is 261 g/mol. The molecule has 2 N–H and O–H groups in total. The van der Waals surface area contributed by atoms with Crippen molar-refractivity contribution < 1.29 is 0 Å². The van der Waals surface area contributed by atoms with E-state index in [1.54, 1.807) is 0 Å². The van der Waals surface area contributed by atoms with Crippen LogP contribution >= 0.6 is 0 Å². The number of anilines is 1. The van der Waals surface area contributed by atoms with Crippen molar-refractivity contribution in [2.24, 2.45) is 11.1 Å². The molecule has 0 amide bonds. The Hall–Kier alpha value is -1.09. The first-order valence-electron chi connectivity index (χ1n) is 7.54. The monoisotopic (exact) mass is 261 g/mol. The zero-order valence-electron chi connectivity index (χ0n) is 12.5. The minimum absolute atomic E-state index is 0.0683. The van der Waals surface area contributed by atoms with Crippen LogP contribution in [0.5, 0.6) is 0 Å². The SMILES string of the molecule is CC[C@H](N)c1ccc(N2CCC(C)(CC)CC2)cn1. The van der Waals surface area contributed by atoms with Gasteiger partial charge in [-0.05, 0) is 36.8 Å². The molecule has 1 fully saturated rings. The van der Waals surface area contributed by atoms with Crippen LogP contribution in [0.3, 0.4) is 0 Å². The summed E-state index contributed by atoms with van der Waals surface area (Å²) in [5.41, 5.74) is 8.78. The summed E-state index contributed by atoms with van der Waals surface area (Å²) in [5, 5.41) is 0. The van der Waals surface area contributed by atoms with Crippen LogP contribution in [0.2, 0.25) is 0 Å². The summed E-state index contributed by atoms with van der Waals surface area (Å²) in [7, 11) is 0. The minimum Gasteiger partial charge on any atom is -0.370 e. The van der Waals surface area contributed by atoms with Crippen LogP contribution in [-0.2, 0) is 0 Å². The quantitative estimate of drug-likeness (QED) is 0.902. The van der Waals surface area contributed by atoms with Crippen molar-refractivity contribution in [2.75, 3.05) is 18.0 Å². The second-order valence-corrected chi connectivity index (χ2v) is 6.11. The summed E-state index contributed by atoms with van der Waals surface area (Å²) in [6.07, 6.45) is 6.76. The van der Waals surface area contributed by atoms with E-state index in [0.29, 0.717) is 5.41 Å². The number of rotatable bonds is 4. The first kappa shape index (κ1) is 14.3. The average Bonchev–Trinajstić information content (AvgIpc) is 2.47. The number of aromatic nitrogens is 1. The summed E-state index contributed by atoms with van der Waals surface area (Å²) in [6.45, 7) is 9.09. The van der Waals surface area contributed by atoms with Crippen LogP contribution in [-0.4, -0.2) is 18.1 Å². The van der Waals surface area contributed by atoms with Gasteiger partial charge in [0.05, 0.1) is 17.6 Å². The standard InChI is InChI=1S/C16H27N3/c1-4-14(17)15-7-6-13(12-18-15)19-10-8-16(3,5-2)9-11-19/h6-7,12,14H,4-5,8-11,17H2,1-3H3/t14-/m0/s1. The van der Waals surface area contributed by atoms with E-state index in [9.17, 15) is 0 Å². The van der Waals surface area contributed by atoms with Gasteiger partial charge >= 0.3 is 0 Å². The van der Waals surface area contributed by atoms with E-state index in [4.69, 9.17) is 5.73 Å². The fraction of sp³-hybridized carbons (Fsp3) is 0.688. The van der Waals surface area contributed by atoms with E-state index >= 15 is 0 Å². The Balaban J connectivity index is 2.00. The summed E-state index contributed by atoms with van der Waals surface area (Å²) in [4.78, 5) is 6.96. The molecule has 0 unspecified atom stereocenters. The lowest BCUT2D eigenvalue weighted by atomic mass is 9.78. The maximum Gasteiger partial charge on any atom is 0.0572 e. The highest BCUT2D eigenvalue weighted by atomic mass is 15.1. The summed E-state index contributed by atoms with van der Waals surface area (Å²) in [5.74, 6) is 0. The third kappa shape index (κ3) is 3.27. The molecule has 2 rings (SSSR count). The Labute approximate surface area is 117 Å². The zero-order valence-corrected chi connectivity index (χ0v) is 12.5. The Morgan fingerprint density at radius 2 is 2.00 bits per heavy atom. The molecule has 3 nitrogen and oxygen atoms in total. The Morgan fingerprint density at radius 3 is 2.47 bits per heavy atom. The molecular formula is C16H27N3. The molecule has 1 aliphatic rings. The van der Waals surface area contributed by atoms with Gasteiger partial charge < -0.3 is 10.6 Å². The Kier molecular flexibility index (Phi) is 4.46. The first-order chi connectivity index (χ1) is 9.08. The van der Waals surface area contributed by atoms with Gasteiger partial charge in [-0.3, -0.25) is 4.98 Å². The fourth-order valence-electron chi connectivity index (χ4n) is 2.67. The van der Waals surface area contributed by atoms with Gasteiger partial charge in [0.15, 0.2) is 0 Å². The molecule has 2 heterocycles. The van der Waals surface area contributed by atoms with Gasteiger partial charge in [-0.15, -0.1) is 0 Å². The maximum absolute atomic E-state index is 6.00. The molecule has 1 aromatic rings. The Bertz CT molecular complexity index is 391. The van der Waals surface area contributed by atoms with Crippen molar-refractivity contribution >= 4 is 5.69 Å². The number of hydrogen-bond acceptors (Lipinski definition) is 3. The minimum atomic E-state index is 0.0683. The van der Waals surface area contributed by atoms with Crippen molar-refractivity contribution in [1.82, 2.24) is 4.98 Å². The van der Waals surface area contributed by atoms with E-state index < -0.39 is 0 Å². The van der Waals surface area contributed by atoms with Gasteiger partial charge in [0, 0.05) is 19.1 Å². The molecule has 0 spiro atoms. The Morgan fingerprint density at radius 1 is 1.32 bits per heavy atom. The third-order valence-corrected chi connectivity index (χ3v) is 4.78. The number of nitrogens with two attached hydrogens (primary N) is 1. The second kappa shape index (κ2) is 5.91. The van der Waals surface area contributed by atoms with E-state index in [1.807, 2.05) is 6.20 Å². The topological polar surface area (TPSA) is 42.1 Å². The van der Waals surface area contributed by atoms with Crippen molar-refractivity contribution in [3.05, 3.63) is 24.0 Å². The molecule has 1 saturated heterocycles. The van der Waals surface area contributed by atoms with Crippen molar-refractivity contribution in [1.29, 1.82) is 0 Å². The van der Waals surface area contributed by atoms with Crippen LogP contribution < -0.4 is 10.6 Å². The molecule has 1 aliphatic heterocycles. The second-order valence-electron chi connectivity index (χ2n) is 6.11. The summed E-state index contributed by atoms with van der Waals surface area (Å²) >= 11 is 0. The molecular weight excluding hydrogens is 234 g/mol. The van der Waals surface area contributed by atoms with E-state index in [-0.39, 0.29) is 6.04 Å². The molecule has 19 heavy (non-hydrogen) atoms. The highest BCUT2D eigenvalue weighted by Gasteiger charge is 2.28. The predicted molar refractivity (Wildman–Crippen MR) is 81.3 cm³/mol. The summed E-state index contributed by atoms with van der Waals surface area (Å²) < 4.78 is 0. The van der Waals surface area contributed by atoms with Gasteiger partial charge in [0.2, 0.25) is 0 Å². The fourth-order valence-corrected chi connectivity index (χ4v) is 2.67. The van der Waals surface area contributed by atoms with Crippen molar-refractivity contribution in [3.63, 3.8) is 0 Å². The van der Waals surface area contributed by atoms with E-state index in [1.165, 1.54) is 24.9 Å². The molecule has 0 bridgehead atoms. The van der Waals surface area contributed by atoms with Crippen LogP contribution in [0, 0.1) is 5.41 Å². The highest BCUT2D eigenvalue weighted by Crippen LogP contribution is 2.35. The lowest BCUT2D eigenvalue weighted by Gasteiger charge is -2.40. The largest absolute Gasteiger partial charge is 0.370 e. The van der Waals surface area contributed by atoms with E-state index in [2.05, 4.69) is 42.8 Å². The number of pyridine rings is 1. The molecule has 0 saturated carbocycles. The number of hydrogen-bond donors (Lipinski definition) is 1.